The lowest BCUT2D eigenvalue weighted by Crippen LogP contribution is -2.47. The van der Waals surface area contributed by atoms with Gasteiger partial charge in [-0.25, -0.2) is 5.43 Å². The minimum Gasteiger partial charge on any atom is -0.676 e. The standard InChI is InChI=1S/C26H46N9O5/c1-28-32-23-6-5-22(21-33(23)2)26(40)31-12-18-35(14-4-20-37)16-8-25(39)30-11-17-34(13-3-19-36)15-7-24(38)29-10-9-27/h5-6,19-21,23,27-28,32H,3-4,7-18H2,1-2H3,(H,29,38)(H,30,39)(H,31,40)/q-1. The molecule has 0 aliphatic carbocycles. The molecule has 1 atom stereocenters. The van der Waals surface area contributed by atoms with Gasteiger partial charge in [0.05, 0.1) is 5.57 Å². The molecule has 0 spiro atoms. The number of rotatable bonds is 23. The van der Waals surface area contributed by atoms with Crippen LogP contribution in [-0.2, 0) is 24.0 Å². The number of nitrogens with one attached hydrogen (secondary N) is 6. The topological polar surface area (TPSA) is 179 Å². The highest BCUT2D eigenvalue weighted by molar-refractivity contribution is 5.96. The molecule has 0 saturated heterocycles. The Morgan fingerprint density at radius 1 is 0.875 bits per heavy atom. The fourth-order valence-corrected chi connectivity index (χ4v) is 3.93. The maximum atomic E-state index is 12.6. The maximum Gasteiger partial charge on any atom is 0.252 e. The SMILES string of the molecule is CNNC1C=CC(C(=O)NCCN(CCC=O)CCC(=O)NCCN(CCC=O)CCC(=O)NCC[NH-])=CN1C. The van der Waals surface area contributed by atoms with Crippen LogP contribution in [0.2, 0.25) is 0 Å². The first kappa shape index (κ1) is 34.9. The van der Waals surface area contributed by atoms with Crippen LogP contribution in [0.15, 0.2) is 23.9 Å². The van der Waals surface area contributed by atoms with E-state index in [-0.39, 0.29) is 43.3 Å². The summed E-state index contributed by atoms with van der Waals surface area (Å²) < 4.78 is 0. The normalized spacial score (nSPS) is 14.7. The van der Waals surface area contributed by atoms with Gasteiger partial charge in [0.2, 0.25) is 11.8 Å². The summed E-state index contributed by atoms with van der Waals surface area (Å²) >= 11 is 0. The van der Waals surface area contributed by atoms with Gasteiger partial charge in [-0.2, -0.15) is 0 Å². The Morgan fingerprint density at radius 2 is 1.43 bits per heavy atom. The molecular formula is C26H46N9O5-. The van der Waals surface area contributed by atoms with E-state index < -0.39 is 0 Å². The summed E-state index contributed by atoms with van der Waals surface area (Å²) in [5.74, 6) is -0.491. The average Bonchev–Trinajstić information content (AvgIpc) is 2.95. The highest BCUT2D eigenvalue weighted by Gasteiger charge is 2.17. The molecule has 6 N–H and O–H groups in total. The zero-order chi connectivity index (χ0) is 29.6. The first-order chi connectivity index (χ1) is 19.3. The summed E-state index contributed by atoms with van der Waals surface area (Å²) in [5.41, 5.74) is 13.5. The summed E-state index contributed by atoms with van der Waals surface area (Å²) in [6.07, 6.45) is 8.13. The summed E-state index contributed by atoms with van der Waals surface area (Å²) in [7, 11) is 3.64. The fourth-order valence-electron chi connectivity index (χ4n) is 3.93. The van der Waals surface area contributed by atoms with E-state index in [2.05, 4.69) is 26.8 Å². The van der Waals surface area contributed by atoms with Crippen LogP contribution in [-0.4, -0.2) is 131 Å². The molecule has 0 radical (unpaired) electrons. The molecule has 226 valence electrons. The second kappa shape index (κ2) is 21.6. The molecule has 0 aromatic carbocycles. The van der Waals surface area contributed by atoms with Crippen LogP contribution < -0.4 is 26.8 Å². The Balaban J connectivity index is 2.42. The van der Waals surface area contributed by atoms with Crippen molar-refractivity contribution >= 4 is 30.3 Å². The Morgan fingerprint density at radius 3 is 1.93 bits per heavy atom. The zero-order valence-corrected chi connectivity index (χ0v) is 23.7. The van der Waals surface area contributed by atoms with Gasteiger partial charge in [0.25, 0.3) is 5.91 Å². The predicted molar refractivity (Wildman–Crippen MR) is 153 cm³/mol. The number of hydrogen-bond acceptors (Lipinski definition) is 10. The second-order valence-electron chi connectivity index (χ2n) is 9.25. The Bertz CT molecular complexity index is 852. The van der Waals surface area contributed by atoms with Crippen LogP contribution in [0, 0.1) is 0 Å². The molecule has 1 unspecified atom stereocenters. The molecule has 14 nitrogen and oxygen atoms in total. The van der Waals surface area contributed by atoms with E-state index >= 15 is 0 Å². The zero-order valence-electron chi connectivity index (χ0n) is 23.7. The third-order valence-electron chi connectivity index (χ3n) is 6.14. The lowest BCUT2D eigenvalue weighted by Gasteiger charge is -2.28. The molecule has 0 aromatic heterocycles. The van der Waals surface area contributed by atoms with Crippen molar-refractivity contribution in [2.45, 2.75) is 31.8 Å². The largest absolute Gasteiger partial charge is 0.676 e. The molecule has 0 aromatic rings. The molecule has 0 saturated carbocycles. The summed E-state index contributed by atoms with van der Waals surface area (Å²) in [6, 6.07) is 0. The molecule has 0 bridgehead atoms. The lowest BCUT2D eigenvalue weighted by atomic mass is 10.1. The Labute approximate surface area is 237 Å². The number of nitrogens with zero attached hydrogens (tertiary/aromatic N) is 3. The van der Waals surface area contributed by atoms with Crippen molar-refractivity contribution in [2.75, 3.05) is 79.5 Å². The summed E-state index contributed by atoms with van der Waals surface area (Å²) in [4.78, 5) is 64.2. The number of amides is 3. The van der Waals surface area contributed by atoms with E-state index in [9.17, 15) is 24.0 Å². The van der Waals surface area contributed by atoms with Crippen molar-refractivity contribution < 1.29 is 24.0 Å². The van der Waals surface area contributed by atoms with E-state index in [4.69, 9.17) is 5.73 Å². The molecule has 3 amide bonds. The third-order valence-corrected chi connectivity index (χ3v) is 6.14. The number of aldehydes is 2. The van der Waals surface area contributed by atoms with E-state index in [0.29, 0.717) is 77.3 Å². The highest BCUT2D eigenvalue weighted by Crippen LogP contribution is 2.10. The maximum absolute atomic E-state index is 12.6. The molecule has 14 heteroatoms. The van der Waals surface area contributed by atoms with Crippen molar-refractivity contribution in [1.29, 1.82) is 0 Å². The number of carbonyl (C=O) groups is 5. The minimum atomic E-state index is -0.202. The Hall–Kier alpha value is -3.17. The van der Waals surface area contributed by atoms with Crippen molar-refractivity contribution in [1.82, 2.24) is 41.5 Å². The molecule has 1 aliphatic heterocycles. The van der Waals surface area contributed by atoms with E-state index in [1.54, 1.807) is 19.3 Å². The summed E-state index contributed by atoms with van der Waals surface area (Å²) in [5, 5.41) is 8.41. The van der Waals surface area contributed by atoms with Gasteiger partial charge in [0.1, 0.15) is 18.7 Å². The smallest absolute Gasteiger partial charge is 0.252 e. The van der Waals surface area contributed by atoms with Crippen molar-refractivity contribution in [3.8, 4) is 0 Å². The molecule has 0 fully saturated rings. The molecule has 1 heterocycles. The second-order valence-corrected chi connectivity index (χ2v) is 9.25. The predicted octanol–water partition coefficient (Wildman–Crippen LogP) is -1.61. The van der Waals surface area contributed by atoms with Crippen LogP contribution in [0.5, 0.6) is 0 Å². The van der Waals surface area contributed by atoms with Crippen LogP contribution in [0.25, 0.3) is 5.73 Å². The molecule has 40 heavy (non-hydrogen) atoms. The summed E-state index contributed by atoms with van der Waals surface area (Å²) in [6.45, 7) is 4.02. The van der Waals surface area contributed by atoms with Crippen LogP contribution >= 0.6 is 0 Å². The van der Waals surface area contributed by atoms with Crippen LogP contribution in [0.3, 0.4) is 0 Å². The fraction of sp³-hybridized carbons (Fsp3) is 0.654. The van der Waals surface area contributed by atoms with E-state index in [0.717, 1.165) is 12.6 Å². The van der Waals surface area contributed by atoms with Crippen LogP contribution in [0.4, 0.5) is 0 Å². The molecule has 1 aliphatic rings. The van der Waals surface area contributed by atoms with Gasteiger partial charge in [-0.15, -0.1) is 6.54 Å². The first-order valence-corrected chi connectivity index (χ1v) is 13.7. The third kappa shape index (κ3) is 15.4. The number of hydrogen-bond donors (Lipinski definition) is 5. The highest BCUT2D eigenvalue weighted by atomic mass is 16.2. The number of likely N-dealkylation sites (N-methyl/N-ethyl adjacent to an activating group) is 1. The van der Waals surface area contributed by atoms with E-state index in [1.165, 1.54) is 0 Å². The average molecular weight is 565 g/mol. The van der Waals surface area contributed by atoms with Gasteiger partial charge in [-0.1, -0.05) is 0 Å². The Kier molecular flexibility index (Phi) is 18.8. The van der Waals surface area contributed by atoms with Crippen molar-refractivity contribution in [3.63, 3.8) is 0 Å². The first-order valence-electron chi connectivity index (χ1n) is 13.7. The number of hydrazine groups is 1. The van der Waals surface area contributed by atoms with Gasteiger partial charge in [0, 0.05) is 91.3 Å². The van der Waals surface area contributed by atoms with Crippen molar-refractivity contribution in [2.24, 2.45) is 0 Å². The molecular weight excluding hydrogens is 518 g/mol. The van der Waals surface area contributed by atoms with Gasteiger partial charge >= 0.3 is 0 Å². The van der Waals surface area contributed by atoms with Gasteiger partial charge in [-0.05, 0) is 25.7 Å². The quantitative estimate of drug-likeness (QED) is 0.0716. The van der Waals surface area contributed by atoms with Gasteiger partial charge < -0.3 is 46.0 Å². The number of carbonyl (C=O) groups excluding carboxylic acids is 5. The van der Waals surface area contributed by atoms with Crippen LogP contribution in [0.1, 0.15) is 25.7 Å². The van der Waals surface area contributed by atoms with Gasteiger partial charge in [0.15, 0.2) is 0 Å². The van der Waals surface area contributed by atoms with Crippen molar-refractivity contribution in [3.05, 3.63) is 29.7 Å². The monoisotopic (exact) mass is 564 g/mol. The van der Waals surface area contributed by atoms with E-state index in [1.807, 2.05) is 27.8 Å². The minimum absolute atomic E-state index is 0.0585. The lowest BCUT2D eigenvalue weighted by molar-refractivity contribution is -0.122. The van der Waals surface area contributed by atoms with Gasteiger partial charge in [-0.3, -0.25) is 19.8 Å². The molecule has 1 rings (SSSR count).